The molecule has 138 valence electrons. The second-order valence-electron chi connectivity index (χ2n) is 6.16. The van der Waals surface area contributed by atoms with Crippen LogP contribution in [0.3, 0.4) is 0 Å². The molecule has 0 fully saturated rings. The molecule has 0 spiro atoms. The molecule has 1 heterocycles. The number of benzene rings is 1. The first kappa shape index (κ1) is 19.2. The number of methoxy groups -OCH3 is 1. The van der Waals surface area contributed by atoms with E-state index in [9.17, 15) is 14.4 Å². The van der Waals surface area contributed by atoms with Gasteiger partial charge in [-0.05, 0) is 30.2 Å². The average Bonchev–Trinajstić information content (AvgIpc) is 2.99. The van der Waals surface area contributed by atoms with Crippen molar-refractivity contribution in [3.8, 4) is 0 Å². The van der Waals surface area contributed by atoms with Crippen molar-refractivity contribution < 1.29 is 19.1 Å². The Hall–Kier alpha value is -3.16. The first-order valence-electron chi connectivity index (χ1n) is 8.13. The monoisotopic (exact) mass is 358 g/mol. The summed E-state index contributed by atoms with van der Waals surface area (Å²) in [5.74, 6) is -0.894. The maximum atomic E-state index is 12.4. The van der Waals surface area contributed by atoms with Gasteiger partial charge in [-0.1, -0.05) is 13.8 Å². The topological polar surface area (TPSA) is 102 Å². The number of aryl methyl sites for hydroxylation is 1. The van der Waals surface area contributed by atoms with Crippen LogP contribution in [0.5, 0.6) is 0 Å². The highest BCUT2D eigenvalue weighted by atomic mass is 16.5. The van der Waals surface area contributed by atoms with Crippen molar-refractivity contribution in [3.05, 3.63) is 47.3 Å². The molecule has 0 atom stereocenters. The van der Waals surface area contributed by atoms with Gasteiger partial charge in [0.15, 0.2) is 0 Å². The summed E-state index contributed by atoms with van der Waals surface area (Å²) in [5.41, 5.74) is 1.27. The largest absolute Gasteiger partial charge is 0.465 e. The van der Waals surface area contributed by atoms with Crippen LogP contribution in [0.15, 0.2) is 30.5 Å². The summed E-state index contributed by atoms with van der Waals surface area (Å²) in [7, 11) is 2.92. The van der Waals surface area contributed by atoms with E-state index in [-0.39, 0.29) is 11.6 Å². The number of hydrogen-bond donors (Lipinski definition) is 2. The van der Waals surface area contributed by atoms with Gasteiger partial charge in [0.1, 0.15) is 5.69 Å². The van der Waals surface area contributed by atoms with Gasteiger partial charge in [-0.2, -0.15) is 5.10 Å². The number of amides is 2. The number of ether oxygens (including phenoxy) is 1. The van der Waals surface area contributed by atoms with Gasteiger partial charge in [0.05, 0.1) is 24.6 Å². The highest BCUT2D eigenvalue weighted by Crippen LogP contribution is 2.16. The van der Waals surface area contributed by atoms with Crippen LogP contribution in [0.2, 0.25) is 0 Å². The van der Waals surface area contributed by atoms with E-state index in [1.165, 1.54) is 42.3 Å². The minimum absolute atomic E-state index is 0.269. The molecule has 0 radical (unpaired) electrons. The van der Waals surface area contributed by atoms with Gasteiger partial charge in [0.25, 0.3) is 11.8 Å². The second kappa shape index (κ2) is 8.28. The lowest BCUT2D eigenvalue weighted by Gasteiger charge is -2.10. The minimum atomic E-state index is -0.478. The molecule has 0 unspecified atom stereocenters. The molecule has 2 rings (SSSR count). The highest BCUT2D eigenvalue weighted by molar-refractivity contribution is 6.08. The summed E-state index contributed by atoms with van der Waals surface area (Å²) < 4.78 is 6.03. The van der Waals surface area contributed by atoms with E-state index in [0.29, 0.717) is 29.3 Å². The summed E-state index contributed by atoms with van der Waals surface area (Å²) in [6.07, 6.45) is 1.42. The first-order chi connectivity index (χ1) is 12.3. The third-order valence-corrected chi connectivity index (χ3v) is 3.64. The number of nitrogens with zero attached hydrogens (tertiary/aromatic N) is 2. The molecule has 26 heavy (non-hydrogen) atoms. The maximum absolute atomic E-state index is 12.4. The molecule has 0 saturated heterocycles. The van der Waals surface area contributed by atoms with Gasteiger partial charge >= 0.3 is 5.97 Å². The molecular formula is C18H22N4O4. The Morgan fingerprint density at radius 2 is 1.73 bits per heavy atom. The lowest BCUT2D eigenvalue weighted by Crippen LogP contribution is -2.30. The van der Waals surface area contributed by atoms with Crippen LogP contribution >= 0.6 is 0 Å². The molecule has 1 aromatic carbocycles. The van der Waals surface area contributed by atoms with E-state index in [4.69, 9.17) is 0 Å². The third-order valence-electron chi connectivity index (χ3n) is 3.64. The normalized spacial score (nSPS) is 10.5. The van der Waals surface area contributed by atoms with Crippen LogP contribution in [0, 0.1) is 5.92 Å². The Kier molecular flexibility index (Phi) is 6.11. The Bertz CT molecular complexity index is 809. The fourth-order valence-electron chi connectivity index (χ4n) is 2.25. The van der Waals surface area contributed by atoms with Gasteiger partial charge < -0.3 is 15.4 Å². The van der Waals surface area contributed by atoms with Crippen molar-refractivity contribution in [1.82, 2.24) is 15.1 Å². The smallest absolute Gasteiger partial charge is 0.337 e. The zero-order valence-electron chi connectivity index (χ0n) is 15.2. The molecule has 2 aromatic rings. The molecule has 0 saturated carbocycles. The summed E-state index contributed by atoms with van der Waals surface area (Å²) in [6.45, 7) is 4.50. The number of nitrogens with one attached hydrogen (secondary N) is 2. The standard InChI is InChI=1S/C18H22N4O4/c1-11(2)9-19-17(24)15-14(10-20-22(15)3)21-16(23)12-5-7-13(8-6-12)18(25)26-4/h5-8,10-11H,9H2,1-4H3,(H,19,24)(H,21,23). The van der Waals surface area contributed by atoms with E-state index in [1.54, 1.807) is 7.05 Å². The molecular weight excluding hydrogens is 336 g/mol. The molecule has 8 nitrogen and oxygen atoms in total. The zero-order valence-corrected chi connectivity index (χ0v) is 15.2. The number of anilines is 1. The van der Waals surface area contributed by atoms with Crippen LogP contribution in [0.25, 0.3) is 0 Å². The summed E-state index contributed by atoms with van der Waals surface area (Å²) in [6, 6.07) is 6.02. The average molecular weight is 358 g/mol. The lowest BCUT2D eigenvalue weighted by atomic mass is 10.1. The van der Waals surface area contributed by atoms with E-state index < -0.39 is 11.9 Å². The molecule has 0 bridgehead atoms. The number of rotatable bonds is 6. The maximum Gasteiger partial charge on any atom is 0.337 e. The van der Waals surface area contributed by atoms with Crippen molar-refractivity contribution in [2.24, 2.45) is 13.0 Å². The van der Waals surface area contributed by atoms with Crippen LogP contribution in [0.4, 0.5) is 5.69 Å². The number of carbonyl (C=O) groups is 3. The van der Waals surface area contributed by atoms with Crippen LogP contribution < -0.4 is 10.6 Å². The molecule has 8 heteroatoms. The quantitative estimate of drug-likeness (QED) is 0.767. The van der Waals surface area contributed by atoms with E-state index in [1.807, 2.05) is 13.8 Å². The predicted octanol–water partition coefficient (Wildman–Crippen LogP) is 1.84. The van der Waals surface area contributed by atoms with Gasteiger partial charge in [-0.25, -0.2) is 4.79 Å². The van der Waals surface area contributed by atoms with Crippen molar-refractivity contribution >= 4 is 23.5 Å². The fraction of sp³-hybridized carbons (Fsp3) is 0.333. The Morgan fingerprint density at radius 3 is 2.31 bits per heavy atom. The fourth-order valence-corrected chi connectivity index (χ4v) is 2.25. The van der Waals surface area contributed by atoms with E-state index in [0.717, 1.165) is 0 Å². The van der Waals surface area contributed by atoms with Crippen LogP contribution in [-0.4, -0.2) is 41.2 Å². The lowest BCUT2D eigenvalue weighted by molar-refractivity contribution is 0.0600. The van der Waals surface area contributed by atoms with Gasteiger partial charge in [-0.15, -0.1) is 0 Å². The second-order valence-corrected chi connectivity index (χ2v) is 6.16. The molecule has 2 amide bonds. The van der Waals surface area contributed by atoms with Gasteiger partial charge in [0.2, 0.25) is 0 Å². The van der Waals surface area contributed by atoms with Gasteiger partial charge in [0, 0.05) is 19.2 Å². The van der Waals surface area contributed by atoms with Gasteiger partial charge in [-0.3, -0.25) is 14.3 Å². The number of carbonyl (C=O) groups excluding carboxylic acids is 3. The Balaban J connectivity index is 2.14. The highest BCUT2D eigenvalue weighted by Gasteiger charge is 2.19. The summed E-state index contributed by atoms with van der Waals surface area (Å²) in [5, 5.41) is 9.52. The molecule has 0 aliphatic carbocycles. The Labute approximate surface area is 151 Å². The van der Waals surface area contributed by atoms with Crippen molar-refractivity contribution in [1.29, 1.82) is 0 Å². The third kappa shape index (κ3) is 4.47. The number of esters is 1. The Morgan fingerprint density at radius 1 is 1.12 bits per heavy atom. The minimum Gasteiger partial charge on any atom is -0.465 e. The van der Waals surface area contributed by atoms with Crippen LogP contribution in [-0.2, 0) is 11.8 Å². The molecule has 0 aliphatic heterocycles. The number of hydrogen-bond acceptors (Lipinski definition) is 5. The predicted molar refractivity (Wildman–Crippen MR) is 96.1 cm³/mol. The van der Waals surface area contributed by atoms with Crippen LogP contribution in [0.1, 0.15) is 45.1 Å². The molecule has 1 aromatic heterocycles. The SMILES string of the molecule is COC(=O)c1ccc(C(=O)Nc2cnn(C)c2C(=O)NCC(C)C)cc1. The zero-order chi connectivity index (χ0) is 19.3. The van der Waals surface area contributed by atoms with Crippen molar-refractivity contribution in [3.63, 3.8) is 0 Å². The van der Waals surface area contributed by atoms with Crippen molar-refractivity contribution in [2.75, 3.05) is 19.0 Å². The summed E-state index contributed by atoms with van der Waals surface area (Å²) in [4.78, 5) is 36.2. The number of aromatic nitrogens is 2. The van der Waals surface area contributed by atoms with E-state index in [2.05, 4.69) is 20.5 Å². The summed E-state index contributed by atoms with van der Waals surface area (Å²) >= 11 is 0. The molecule has 2 N–H and O–H groups in total. The van der Waals surface area contributed by atoms with Crippen molar-refractivity contribution in [2.45, 2.75) is 13.8 Å². The van der Waals surface area contributed by atoms with E-state index >= 15 is 0 Å². The molecule has 0 aliphatic rings. The first-order valence-corrected chi connectivity index (χ1v) is 8.13.